The summed E-state index contributed by atoms with van der Waals surface area (Å²) in [5, 5.41) is 13.4. The van der Waals surface area contributed by atoms with E-state index in [1.165, 1.54) is 6.20 Å². The van der Waals surface area contributed by atoms with Crippen LogP contribution in [0.2, 0.25) is 0 Å². The molecule has 0 bridgehead atoms. The zero-order valence-electron chi connectivity index (χ0n) is 14.5. The van der Waals surface area contributed by atoms with E-state index in [0.717, 1.165) is 11.1 Å². The summed E-state index contributed by atoms with van der Waals surface area (Å²) in [6.07, 6.45) is 1.48. The molecule has 0 fully saturated rings. The maximum absolute atomic E-state index is 11.9. The van der Waals surface area contributed by atoms with Gasteiger partial charge in [-0.2, -0.15) is 4.98 Å². The molecule has 0 saturated heterocycles. The van der Waals surface area contributed by atoms with Gasteiger partial charge in [0.05, 0.1) is 5.39 Å². The SMILES string of the molecule is NC(=O)c1cccc(-c2ccc(Nc3nc(=O)n(O)c4ncccc34)cc2)c1. The molecule has 4 rings (SSSR count). The number of hydrogen-bond donors (Lipinski definition) is 3. The second-order valence-electron chi connectivity index (χ2n) is 6.08. The van der Waals surface area contributed by atoms with Crippen molar-refractivity contribution in [3.63, 3.8) is 0 Å². The number of nitrogens with one attached hydrogen (secondary N) is 1. The summed E-state index contributed by atoms with van der Waals surface area (Å²) in [4.78, 5) is 31.1. The van der Waals surface area contributed by atoms with Crippen LogP contribution in [0.25, 0.3) is 22.2 Å². The summed E-state index contributed by atoms with van der Waals surface area (Å²) < 4.78 is 0.412. The van der Waals surface area contributed by atoms with Crippen molar-refractivity contribution >= 4 is 28.4 Å². The number of primary amides is 1. The maximum atomic E-state index is 11.9. The second kappa shape index (κ2) is 6.84. The number of nitrogens with two attached hydrogens (primary N) is 1. The molecule has 1 amide bonds. The summed E-state index contributed by atoms with van der Waals surface area (Å²) in [5.74, 6) is -0.188. The van der Waals surface area contributed by atoms with Gasteiger partial charge in [-0.15, -0.1) is 4.73 Å². The number of fused-ring (bicyclic) bond motifs is 1. The van der Waals surface area contributed by atoms with Gasteiger partial charge in [0.1, 0.15) is 5.82 Å². The molecule has 8 heteroatoms. The normalized spacial score (nSPS) is 10.7. The zero-order chi connectivity index (χ0) is 19.7. The van der Waals surface area contributed by atoms with E-state index in [-0.39, 0.29) is 5.65 Å². The van der Waals surface area contributed by atoms with E-state index in [0.29, 0.717) is 27.2 Å². The first-order valence-electron chi connectivity index (χ1n) is 8.37. The third kappa shape index (κ3) is 3.14. The Hall–Kier alpha value is -4.20. The lowest BCUT2D eigenvalue weighted by Crippen LogP contribution is -2.23. The molecular weight excluding hydrogens is 358 g/mol. The van der Waals surface area contributed by atoms with E-state index in [1.807, 2.05) is 30.3 Å². The van der Waals surface area contributed by atoms with E-state index in [2.05, 4.69) is 15.3 Å². The van der Waals surface area contributed by atoms with Crippen LogP contribution in [0.1, 0.15) is 10.4 Å². The van der Waals surface area contributed by atoms with E-state index in [4.69, 9.17) is 5.73 Å². The molecule has 0 aliphatic carbocycles. The van der Waals surface area contributed by atoms with Crippen LogP contribution in [0.5, 0.6) is 0 Å². The molecular formula is C20H15N5O3. The minimum absolute atomic E-state index is 0.116. The van der Waals surface area contributed by atoms with Gasteiger partial charge in [-0.3, -0.25) is 4.79 Å². The Kier molecular flexibility index (Phi) is 4.21. The van der Waals surface area contributed by atoms with Crippen molar-refractivity contribution in [2.24, 2.45) is 5.73 Å². The van der Waals surface area contributed by atoms with Gasteiger partial charge in [0.2, 0.25) is 5.91 Å². The number of anilines is 2. The van der Waals surface area contributed by atoms with Crippen LogP contribution in [-0.4, -0.2) is 25.8 Å². The predicted molar refractivity (Wildman–Crippen MR) is 105 cm³/mol. The number of aromatic nitrogens is 3. The number of pyridine rings is 1. The Morgan fingerprint density at radius 1 is 1.04 bits per heavy atom. The summed E-state index contributed by atoms with van der Waals surface area (Å²) in [5.41, 5.74) is 7.52. The fourth-order valence-electron chi connectivity index (χ4n) is 2.87. The molecule has 2 aromatic carbocycles. The van der Waals surface area contributed by atoms with E-state index in [1.54, 1.807) is 30.3 Å². The number of benzene rings is 2. The number of hydrogen-bond acceptors (Lipinski definition) is 6. The van der Waals surface area contributed by atoms with Gasteiger partial charge >= 0.3 is 5.69 Å². The highest BCUT2D eigenvalue weighted by Gasteiger charge is 2.11. The van der Waals surface area contributed by atoms with Gasteiger partial charge in [0.15, 0.2) is 5.65 Å². The second-order valence-corrected chi connectivity index (χ2v) is 6.08. The van der Waals surface area contributed by atoms with Crippen molar-refractivity contribution in [3.8, 4) is 11.1 Å². The Bertz CT molecular complexity index is 1250. The molecule has 0 unspecified atom stereocenters. The third-order valence-electron chi connectivity index (χ3n) is 4.26. The van der Waals surface area contributed by atoms with Crippen molar-refractivity contribution < 1.29 is 10.0 Å². The van der Waals surface area contributed by atoms with E-state index in [9.17, 15) is 14.8 Å². The van der Waals surface area contributed by atoms with Crippen LogP contribution in [0.15, 0.2) is 71.7 Å². The van der Waals surface area contributed by atoms with Gasteiger partial charge in [-0.25, -0.2) is 9.78 Å². The van der Waals surface area contributed by atoms with Gasteiger partial charge in [-0.05, 0) is 47.5 Å². The van der Waals surface area contributed by atoms with E-state index >= 15 is 0 Å². The fourth-order valence-corrected chi connectivity index (χ4v) is 2.87. The Balaban J connectivity index is 1.67. The first-order valence-corrected chi connectivity index (χ1v) is 8.37. The third-order valence-corrected chi connectivity index (χ3v) is 4.26. The summed E-state index contributed by atoms with van der Waals surface area (Å²) >= 11 is 0. The van der Waals surface area contributed by atoms with E-state index < -0.39 is 11.6 Å². The summed E-state index contributed by atoms with van der Waals surface area (Å²) in [6.45, 7) is 0. The van der Waals surface area contributed by atoms with Crippen LogP contribution in [0, 0.1) is 0 Å². The van der Waals surface area contributed by atoms with Crippen molar-refractivity contribution in [1.29, 1.82) is 0 Å². The van der Waals surface area contributed by atoms with Crippen molar-refractivity contribution in [1.82, 2.24) is 14.7 Å². The number of carbonyl (C=O) groups excluding carboxylic acids is 1. The highest BCUT2D eigenvalue weighted by Crippen LogP contribution is 2.25. The minimum atomic E-state index is -0.825. The van der Waals surface area contributed by atoms with Crippen LogP contribution >= 0.6 is 0 Å². The number of nitrogens with zero attached hydrogens (tertiary/aromatic N) is 3. The average molecular weight is 373 g/mol. The molecule has 138 valence electrons. The first kappa shape index (κ1) is 17.2. The number of rotatable bonds is 4. The first-order chi connectivity index (χ1) is 13.5. The molecule has 0 aliphatic heterocycles. The summed E-state index contributed by atoms with van der Waals surface area (Å²) in [7, 11) is 0. The van der Waals surface area contributed by atoms with Crippen molar-refractivity contribution in [2.75, 3.05) is 5.32 Å². The topological polar surface area (TPSA) is 123 Å². The quantitative estimate of drug-likeness (QED) is 0.472. The van der Waals surface area contributed by atoms with Crippen LogP contribution < -0.4 is 16.7 Å². The largest absolute Gasteiger partial charge is 0.422 e. The van der Waals surface area contributed by atoms with Crippen LogP contribution in [-0.2, 0) is 0 Å². The zero-order valence-corrected chi connectivity index (χ0v) is 14.5. The molecule has 4 N–H and O–H groups in total. The van der Waals surface area contributed by atoms with Crippen molar-refractivity contribution in [2.45, 2.75) is 0 Å². The van der Waals surface area contributed by atoms with Gasteiger partial charge in [0, 0.05) is 17.4 Å². The molecule has 8 nitrogen and oxygen atoms in total. The highest BCUT2D eigenvalue weighted by molar-refractivity contribution is 5.94. The maximum Gasteiger partial charge on any atom is 0.384 e. The molecule has 2 heterocycles. The fraction of sp³-hybridized carbons (Fsp3) is 0. The highest BCUT2D eigenvalue weighted by atomic mass is 16.5. The number of carbonyl (C=O) groups is 1. The lowest BCUT2D eigenvalue weighted by Gasteiger charge is -2.10. The lowest BCUT2D eigenvalue weighted by atomic mass is 10.0. The molecule has 4 aromatic rings. The molecule has 28 heavy (non-hydrogen) atoms. The smallest absolute Gasteiger partial charge is 0.384 e. The minimum Gasteiger partial charge on any atom is -0.422 e. The Morgan fingerprint density at radius 3 is 2.57 bits per heavy atom. The summed E-state index contributed by atoms with van der Waals surface area (Å²) in [6, 6.07) is 17.8. The molecule has 0 saturated carbocycles. The van der Waals surface area contributed by atoms with Crippen molar-refractivity contribution in [3.05, 3.63) is 82.9 Å². The van der Waals surface area contributed by atoms with Gasteiger partial charge < -0.3 is 16.3 Å². The molecule has 0 radical (unpaired) electrons. The lowest BCUT2D eigenvalue weighted by molar-refractivity contribution is 0.100. The van der Waals surface area contributed by atoms with Crippen LogP contribution in [0.4, 0.5) is 11.5 Å². The van der Waals surface area contributed by atoms with Gasteiger partial charge in [0.25, 0.3) is 0 Å². The molecule has 0 spiro atoms. The predicted octanol–water partition coefficient (Wildman–Crippen LogP) is 2.54. The average Bonchev–Trinajstić information content (AvgIpc) is 2.72. The Labute approximate surface area is 158 Å². The Morgan fingerprint density at radius 2 is 1.82 bits per heavy atom. The van der Waals surface area contributed by atoms with Gasteiger partial charge in [-0.1, -0.05) is 24.3 Å². The monoisotopic (exact) mass is 373 g/mol. The van der Waals surface area contributed by atoms with Crippen LogP contribution in [0.3, 0.4) is 0 Å². The molecule has 2 aromatic heterocycles. The standard InChI is InChI=1S/C20H15N5O3/c21-17(26)14-4-1-3-13(11-14)12-6-8-15(9-7-12)23-18-16-5-2-10-22-19(16)25(28)20(27)24-18/h1-11,28H,(H2,21,26)(H,23,24,27). The molecule has 0 aliphatic rings. The molecule has 0 atom stereocenters. The number of amides is 1.